The number of benzene rings is 3. The van der Waals surface area contributed by atoms with Crippen LogP contribution in [0.2, 0.25) is 0 Å². The van der Waals surface area contributed by atoms with Crippen LogP contribution in [-0.2, 0) is 4.79 Å². The summed E-state index contributed by atoms with van der Waals surface area (Å²) in [6.45, 7) is 1.63. The Morgan fingerprint density at radius 3 is 2.06 bits per heavy atom. The molecular weight excluding hydrogens is 400 g/mol. The summed E-state index contributed by atoms with van der Waals surface area (Å²) < 4.78 is 1.25. The lowest BCUT2D eigenvalue weighted by Crippen LogP contribution is -2.38. The molecule has 4 heteroatoms. The quantitative estimate of drug-likeness (QED) is 0.379. The van der Waals surface area contributed by atoms with Crippen LogP contribution < -0.4 is 0 Å². The van der Waals surface area contributed by atoms with Gasteiger partial charge in [-0.1, -0.05) is 72.8 Å². The number of hydrogen-bond acceptors (Lipinski definition) is 3. The first kappa shape index (κ1) is 20.0. The number of para-hydroxylation sites is 1. The predicted octanol–water partition coefficient (Wildman–Crippen LogP) is 6.22. The van der Waals surface area contributed by atoms with Crippen molar-refractivity contribution in [3.05, 3.63) is 101 Å². The average Bonchev–Trinajstić information content (AvgIpc) is 3.28. The van der Waals surface area contributed by atoms with Crippen molar-refractivity contribution in [1.29, 1.82) is 0 Å². The van der Waals surface area contributed by atoms with Gasteiger partial charge in [0.05, 0.1) is 15.2 Å². The van der Waals surface area contributed by atoms with Crippen molar-refractivity contribution in [1.82, 2.24) is 9.88 Å². The van der Waals surface area contributed by atoms with E-state index in [-0.39, 0.29) is 11.8 Å². The zero-order valence-corrected chi connectivity index (χ0v) is 18.3. The summed E-state index contributed by atoms with van der Waals surface area (Å²) in [6.07, 6.45) is 2.50. The van der Waals surface area contributed by atoms with Crippen LogP contribution >= 0.6 is 11.3 Å². The molecule has 2 heterocycles. The van der Waals surface area contributed by atoms with Crippen LogP contribution in [0.1, 0.15) is 47.2 Å². The van der Waals surface area contributed by atoms with Crippen LogP contribution in [-0.4, -0.2) is 28.9 Å². The fourth-order valence-corrected chi connectivity index (χ4v) is 5.68. The number of likely N-dealkylation sites (tertiary alicyclic amines) is 1. The molecular formula is C27H26N2OS. The number of amides is 1. The van der Waals surface area contributed by atoms with E-state index >= 15 is 0 Å². The van der Waals surface area contributed by atoms with Crippen LogP contribution in [0.4, 0.5) is 0 Å². The third-order valence-corrected chi connectivity index (χ3v) is 7.49. The fraction of sp³-hybridized carbons (Fsp3) is 0.259. The standard InChI is InChI=1S/C27H26N2OS/c30-26(19-23(20-9-3-1-4-10-20)21-11-5-2-6-12-21)29-17-15-22(16-18-29)27-28-24-13-7-8-14-25(24)31-27/h1-14,22-23H,15-19H2. The molecule has 1 aliphatic heterocycles. The van der Waals surface area contributed by atoms with Gasteiger partial charge in [-0.2, -0.15) is 0 Å². The Morgan fingerprint density at radius 2 is 1.45 bits per heavy atom. The van der Waals surface area contributed by atoms with E-state index in [0.717, 1.165) is 31.4 Å². The van der Waals surface area contributed by atoms with Crippen molar-refractivity contribution in [2.45, 2.75) is 31.1 Å². The molecule has 0 N–H and O–H groups in total. The molecule has 1 saturated heterocycles. The van der Waals surface area contributed by atoms with E-state index in [1.165, 1.54) is 20.8 Å². The molecule has 156 valence electrons. The van der Waals surface area contributed by atoms with E-state index in [4.69, 9.17) is 4.98 Å². The number of hydrogen-bond donors (Lipinski definition) is 0. The Morgan fingerprint density at radius 1 is 0.871 bits per heavy atom. The molecule has 31 heavy (non-hydrogen) atoms. The second kappa shape index (κ2) is 9.03. The summed E-state index contributed by atoms with van der Waals surface area (Å²) in [7, 11) is 0. The molecule has 3 aromatic carbocycles. The largest absolute Gasteiger partial charge is 0.343 e. The molecule has 1 aromatic heterocycles. The Kier molecular flexibility index (Phi) is 5.81. The number of rotatable bonds is 5. The third-order valence-electron chi connectivity index (χ3n) is 6.29. The molecule has 0 radical (unpaired) electrons. The molecule has 1 aliphatic rings. The highest BCUT2D eigenvalue weighted by Crippen LogP contribution is 2.35. The summed E-state index contributed by atoms with van der Waals surface area (Å²) in [5.74, 6) is 0.804. The van der Waals surface area contributed by atoms with Gasteiger partial charge in [0.15, 0.2) is 0 Å². The number of carbonyl (C=O) groups is 1. The van der Waals surface area contributed by atoms with Gasteiger partial charge in [-0.05, 0) is 36.1 Å². The maximum Gasteiger partial charge on any atom is 0.223 e. The third kappa shape index (κ3) is 4.40. The predicted molar refractivity (Wildman–Crippen MR) is 128 cm³/mol. The molecule has 5 rings (SSSR count). The Labute approximate surface area is 187 Å². The highest BCUT2D eigenvalue weighted by molar-refractivity contribution is 7.18. The lowest BCUT2D eigenvalue weighted by molar-refractivity contribution is -0.132. The summed E-state index contributed by atoms with van der Waals surface area (Å²) in [4.78, 5) is 20.2. The zero-order chi connectivity index (χ0) is 21.0. The summed E-state index contributed by atoms with van der Waals surface area (Å²) in [5.41, 5.74) is 3.49. The van der Waals surface area contributed by atoms with Crippen molar-refractivity contribution < 1.29 is 4.79 Å². The van der Waals surface area contributed by atoms with Crippen molar-refractivity contribution in [3.8, 4) is 0 Å². The molecule has 1 amide bonds. The van der Waals surface area contributed by atoms with Gasteiger partial charge in [-0.15, -0.1) is 11.3 Å². The van der Waals surface area contributed by atoms with Crippen LogP contribution in [0.15, 0.2) is 84.9 Å². The lowest BCUT2D eigenvalue weighted by Gasteiger charge is -2.32. The second-order valence-corrected chi connectivity index (χ2v) is 9.32. The fourth-order valence-electron chi connectivity index (χ4n) is 4.54. The number of piperidine rings is 1. The van der Waals surface area contributed by atoms with Crippen molar-refractivity contribution >= 4 is 27.5 Å². The van der Waals surface area contributed by atoms with Gasteiger partial charge in [0, 0.05) is 31.3 Å². The number of nitrogens with zero attached hydrogens (tertiary/aromatic N) is 2. The zero-order valence-electron chi connectivity index (χ0n) is 17.5. The second-order valence-electron chi connectivity index (χ2n) is 8.25. The van der Waals surface area contributed by atoms with Gasteiger partial charge in [0.25, 0.3) is 0 Å². The number of carbonyl (C=O) groups excluding carboxylic acids is 1. The first-order valence-electron chi connectivity index (χ1n) is 11.0. The number of aromatic nitrogens is 1. The molecule has 0 aliphatic carbocycles. The Bertz CT molecular complexity index is 1080. The Balaban J connectivity index is 1.27. The lowest BCUT2D eigenvalue weighted by atomic mass is 9.87. The van der Waals surface area contributed by atoms with Crippen LogP contribution in [0.5, 0.6) is 0 Å². The van der Waals surface area contributed by atoms with Gasteiger partial charge >= 0.3 is 0 Å². The smallest absolute Gasteiger partial charge is 0.223 e. The SMILES string of the molecule is O=C(CC(c1ccccc1)c1ccccc1)N1CCC(c2nc3ccccc3s2)CC1. The number of fused-ring (bicyclic) bond motifs is 1. The molecule has 0 spiro atoms. The van der Waals surface area contributed by atoms with E-state index in [2.05, 4.69) is 71.6 Å². The number of thiazole rings is 1. The van der Waals surface area contributed by atoms with Crippen LogP contribution in [0.3, 0.4) is 0 Å². The molecule has 0 atom stereocenters. The highest BCUT2D eigenvalue weighted by Gasteiger charge is 2.28. The minimum Gasteiger partial charge on any atom is -0.343 e. The first-order valence-corrected chi connectivity index (χ1v) is 11.8. The highest BCUT2D eigenvalue weighted by atomic mass is 32.1. The monoisotopic (exact) mass is 426 g/mol. The molecule has 0 saturated carbocycles. The van der Waals surface area contributed by atoms with Crippen LogP contribution in [0, 0.1) is 0 Å². The van der Waals surface area contributed by atoms with E-state index in [9.17, 15) is 4.79 Å². The first-order chi connectivity index (χ1) is 15.3. The van der Waals surface area contributed by atoms with E-state index in [0.29, 0.717) is 12.3 Å². The van der Waals surface area contributed by atoms with Crippen LogP contribution in [0.25, 0.3) is 10.2 Å². The maximum absolute atomic E-state index is 13.3. The van der Waals surface area contributed by atoms with Gasteiger partial charge in [-0.3, -0.25) is 4.79 Å². The maximum atomic E-state index is 13.3. The van der Waals surface area contributed by atoms with Gasteiger partial charge < -0.3 is 4.90 Å². The molecule has 3 nitrogen and oxygen atoms in total. The van der Waals surface area contributed by atoms with Crippen molar-refractivity contribution in [2.24, 2.45) is 0 Å². The van der Waals surface area contributed by atoms with E-state index in [1.807, 2.05) is 18.2 Å². The molecule has 0 unspecified atom stereocenters. The van der Waals surface area contributed by atoms with E-state index in [1.54, 1.807) is 11.3 Å². The summed E-state index contributed by atoms with van der Waals surface area (Å²) in [6, 6.07) is 29.1. The van der Waals surface area contributed by atoms with Gasteiger partial charge in [0.1, 0.15) is 0 Å². The normalized spacial score (nSPS) is 14.9. The summed E-state index contributed by atoms with van der Waals surface area (Å²) in [5, 5.41) is 1.22. The van der Waals surface area contributed by atoms with Crippen molar-refractivity contribution in [2.75, 3.05) is 13.1 Å². The van der Waals surface area contributed by atoms with Crippen molar-refractivity contribution in [3.63, 3.8) is 0 Å². The van der Waals surface area contributed by atoms with Gasteiger partial charge in [0.2, 0.25) is 5.91 Å². The minimum absolute atomic E-state index is 0.0943. The average molecular weight is 427 g/mol. The van der Waals surface area contributed by atoms with Gasteiger partial charge in [-0.25, -0.2) is 4.98 Å². The van der Waals surface area contributed by atoms with E-state index < -0.39 is 0 Å². The molecule has 0 bridgehead atoms. The molecule has 1 fully saturated rings. The topological polar surface area (TPSA) is 33.2 Å². The summed E-state index contributed by atoms with van der Waals surface area (Å²) >= 11 is 1.80. The Hall–Kier alpha value is -2.98. The minimum atomic E-state index is 0.0943. The molecule has 4 aromatic rings.